The Bertz CT molecular complexity index is 682. The molecule has 0 aliphatic carbocycles. The van der Waals surface area contributed by atoms with Gasteiger partial charge in [-0.2, -0.15) is 0 Å². The number of rotatable bonds is 5. The molecule has 0 aliphatic rings. The second kappa shape index (κ2) is 7.26. The monoisotopic (exact) mass is 299 g/mol. The lowest BCUT2D eigenvalue weighted by Gasteiger charge is -2.10. The van der Waals surface area contributed by atoms with Gasteiger partial charge in [0.2, 0.25) is 5.91 Å². The van der Waals surface area contributed by atoms with Crippen molar-refractivity contribution in [1.29, 1.82) is 0 Å². The third-order valence-electron chi connectivity index (χ3n) is 2.78. The lowest BCUT2D eigenvalue weighted by atomic mass is 10.2. The second-order valence-electron chi connectivity index (χ2n) is 4.53. The van der Waals surface area contributed by atoms with Gasteiger partial charge in [0.05, 0.1) is 17.9 Å². The average Bonchev–Trinajstić information content (AvgIpc) is 2.49. The third kappa shape index (κ3) is 4.09. The predicted octanol–water partition coefficient (Wildman–Crippen LogP) is 3.26. The van der Waals surface area contributed by atoms with Crippen LogP contribution >= 0.6 is 0 Å². The van der Waals surface area contributed by atoms with E-state index in [1.165, 1.54) is 6.92 Å². The molecule has 1 amide bonds. The van der Waals surface area contributed by atoms with E-state index in [9.17, 15) is 9.59 Å². The van der Waals surface area contributed by atoms with Crippen LogP contribution in [0.1, 0.15) is 24.2 Å². The Morgan fingerprint density at radius 3 is 2.59 bits per heavy atom. The van der Waals surface area contributed by atoms with Crippen LogP contribution in [0.2, 0.25) is 0 Å². The number of benzene rings is 2. The maximum atomic E-state index is 12.2. The minimum atomic E-state index is -0.514. The average molecular weight is 299 g/mol. The summed E-state index contributed by atoms with van der Waals surface area (Å²) in [5.41, 5.74) is 0.827. The highest BCUT2D eigenvalue weighted by atomic mass is 16.5. The molecule has 22 heavy (non-hydrogen) atoms. The largest absolute Gasteiger partial charge is 0.494 e. The summed E-state index contributed by atoms with van der Waals surface area (Å²) < 4.78 is 10.7. The Balaban J connectivity index is 2.18. The fraction of sp³-hybridized carbons (Fsp3) is 0.176. The molecule has 114 valence electrons. The molecular weight excluding hydrogens is 282 g/mol. The molecular formula is C17H17NO4. The number of hydrogen-bond acceptors (Lipinski definition) is 4. The van der Waals surface area contributed by atoms with Crippen LogP contribution in [-0.4, -0.2) is 18.5 Å². The first-order chi connectivity index (χ1) is 10.6. The molecule has 0 saturated heterocycles. The van der Waals surface area contributed by atoms with Crippen LogP contribution in [0, 0.1) is 0 Å². The molecule has 0 heterocycles. The molecule has 0 bridgehead atoms. The summed E-state index contributed by atoms with van der Waals surface area (Å²) in [6, 6.07) is 13.5. The molecule has 0 saturated carbocycles. The highest BCUT2D eigenvalue weighted by molar-refractivity contribution is 5.94. The van der Waals surface area contributed by atoms with Gasteiger partial charge in [0, 0.05) is 6.92 Å². The molecule has 0 unspecified atom stereocenters. The van der Waals surface area contributed by atoms with E-state index < -0.39 is 5.97 Å². The molecule has 0 aliphatic heterocycles. The number of hydrogen-bond donors (Lipinski definition) is 1. The zero-order valence-electron chi connectivity index (χ0n) is 12.5. The minimum absolute atomic E-state index is 0.234. The SMILES string of the molecule is CCOc1cccc(C(=O)Oc2ccccc2NC(C)=O)c1. The summed E-state index contributed by atoms with van der Waals surface area (Å²) in [6.45, 7) is 3.78. The third-order valence-corrected chi connectivity index (χ3v) is 2.78. The van der Waals surface area contributed by atoms with Crippen LogP contribution in [-0.2, 0) is 4.79 Å². The number of carbonyl (C=O) groups is 2. The van der Waals surface area contributed by atoms with Crippen LogP contribution in [0.15, 0.2) is 48.5 Å². The molecule has 0 atom stereocenters. The van der Waals surface area contributed by atoms with Gasteiger partial charge in [-0.05, 0) is 37.3 Å². The Hall–Kier alpha value is -2.82. The highest BCUT2D eigenvalue weighted by Crippen LogP contribution is 2.25. The van der Waals surface area contributed by atoms with E-state index >= 15 is 0 Å². The first-order valence-electron chi connectivity index (χ1n) is 6.92. The van der Waals surface area contributed by atoms with Crippen molar-refractivity contribution in [3.8, 4) is 11.5 Å². The Morgan fingerprint density at radius 2 is 1.86 bits per heavy atom. The number of amides is 1. The highest BCUT2D eigenvalue weighted by Gasteiger charge is 2.12. The fourth-order valence-corrected chi connectivity index (χ4v) is 1.89. The molecule has 5 nitrogen and oxygen atoms in total. The number of ether oxygens (including phenoxy) is 2. The van der Waals surface area contributed by atoms with Gasteiger partial charge in [-0.1, -0.05) is 18.2 Å². The van der Waals surface area contributed by atoms with E-state index in [0.717, 1.165) is 0 Å². The molecule has 1 N–H and O–H groups in total. The first-order valence-corrected chi connectivity index (χ1v) is 6.92. The Labute approximate surface area is 128 Å². The summed E-state index contributed by atoms with van der Waals surface area (Å²) in [7, 11) is 0. The topological polar surface area (TPSA) is 64.6 Å². The van der Waals surface area contributed by atoms with E-state index in [2.05, 4.69) is 5.32 Å². The molecule has 5 heteroatoms. The number of carbonyl (C=O) groups excluding carboxylic acids is 2. The van der Waals surface area contributed by atoms with Crippen molar-refractivity contribution >= 4 is 17.6 Å². The van der Waals surface area contributed by atoms with E-state index in [4.69, 9.17) is 9.47 Å². The van der Waals surface area contributed by atoms with E-state index in [0.29, 0.717) is 29.4 Å². The zero-order valence-corrected chi connectivity index (χ0v) is 12.5. The molecule has 0 fully saturated rings. The van der Waals surface area contributed by atoms with E-state index in [1.807, 2.05) is 6.92 Å². The number of esters is 1. The quantitative estimate of drug-likeness (QED) is 0.680. The van der Waals surface area contributed by atoms with Gasteiger partial charge < -0.3 is 14.8 Å². The molecule has 2 rings (SSSR count). The number of nitrogens with one attached hydrogen (secondary N) is 1. The maximum Gasteiger partial charge on any atom is 0.343 e. The van der Waals surface area contributed by atoms with Crippen molar-refractivity contribution in [2.45, 2.75) is 13.8 Å². The summed E-state index contributed by atoms with van der Waals surface area (Å²) >= 11 is 0. The van der Waals surface area contributed by atoms with Crippen LogP contribution in [0.25, 0.3) is 0 Å². The van der Waals surface area contributed by atoms with Crippen molar-refractivity contribution < 1.29 is 19.1 Å². The van der Waals surface area contributed by atoms with Crippen LogP contribution in [0.4, 0.5) is 5.69 Å². The van der Waals surface area contributed by atoms with Crippen LogP contribution in [0.5, 0.6) is 11.5 Å². The molecule has 2 aromatic carbocycles. The van der Waals surface area contributed by atoms with Crippen molar-refractivity contribution in [1.82, 2.24) is 0 Å². The second-order valence-corrected chi connectivity index (χ2v) is 4.53. The van der Waals surface area contributed by atoms with Gasteiger partial charge >= 0.3 is 5.97 Å². The number of anilines is 1. The van der Waals surface area contributed by atoms with Gasteiger partial charge in [0.1, 0.15) is 5.75 Å². The fourth-order valence-electron chi connectivity index (χ4n) is 1.89. The van der Waals surface area contributed by atoms with Gasteiger partial charge in [-0.15, -0.1) is 0 Å². The minimum Gasteiger partial charge on any atom is -0.494 e. The summed E-state index contributed by atoms with van der Waals surface area (Å²) in [5, 5.41) is 2.62. The van der Waals surface area contributed by atoms with E-state index in [1.54, 1.807) is 48.5 Å². The molecule has 0 radical (unpaired) electrons. The van der Waals surface area contributed by atoms with Gasteiger partial charge in [-0.25, -0.2) is 4.79 Å². The van der Waals surface area contributed by atoms with Crippen LogP contribution in [0.3, 0.4) is 0 Å². The number of para-hydroxylation sites is 2. The molecule has 2 aromatic rings. The van der Waals surface area contributed by atoms with Crippen molar-refractivity contribution in [3.05, 3.63) is 54.1 Å². The summed E-state index contributed by atoms with van der Waals surface area (Å²) in [5.74, 6) is 0.151. The normalized spacial score (nSPS) is 9.91. The molecule has 0 aromatic heterocycles. The maximum absolute atomic E-state index is 12.2. The molecule has 0 spiro atoms. The lowest BCUT2D eigenvalue weighted by Crippen LogP contribution is -2.12. The predicted molar refractivity (Wildman–Crippen MR) is 83.3 cm³/mol. The standard InChI is InChI=1S/C17H17NO4/c1-3-21-14-8-6-7-13(11-14)17(20)22-16-10-5-4-9-15(16)18-12(2)19/h4-11H,3H2,1-2H3,(H,18,19). The zero-order chi connectivity index (χ0) is 15.9. The first kappa shape index (κ1) is 15.6. The van der Waals surface area contributed by atoms with Crippen molar-refractivity contribution in [3.63, 3.8) is 0 Å². The Kier molecular flexibility index (Phi) is 5.14. The van der Waals surface area contributed by atoms with Crippen molar-refractivity contribution in [2.75, 3.05) is 11.9 Å². The van der Waals surface area contributed by atoms with E-state index in [-0.39, 0.29) is 5.91 Å². The summed E-state index contributed by atoms with van der Waals surface area (Å²) in [4.78, 5) is 23.4. The van der Waals surface area contributed by atoms with Gasteiger partial charge in [0.25, 0.3) is 0 Å². The van der Waals surface area contributed by atoms with Crippen LogP contribution < -0.4 is 14.8 Å². The van der Waals surface area contributed by atoms with Gasteiger partial charge in [0.15, 0.2) is 5.75 Å². The van der Waals surface area contributed by atoms with Crippen molar-refractivity contribution in [2.24, 2.45) is 0 Å². The lowest BCUT2D eigenvalue weighted by molar-refractivity contribution is -0.114. The smallest absolute Gasteiger partial charge is 0.343 e. The summed E-state index contributed by atoms with van der Waals surface area (Å²) in [6.07, 6.45) is 0. The Morgan fingerprint density at radius 1 is 1.09 bits per heavy atom. The van der Waals surface area contributed by atoms with Gasteiger partial charge in [-0.3, -0.25) is 4.79 Å².